The third-order valence-corrected chi connectivity index (χ3v) is 2.20. The summed E-state index contributed by atoms with van der Waals surface area (Å²) in [6.07, 6.45) is 1.35. The fraction of sp³-hybridized carbons (Fsp3) is 0.0909. The van der Waals surface area contributed by atoms with E-state index in [0.29, 0.717) is 17.1 Å². The number of hydrogen-bond acceptors (Lipinski definition) is 5. The van der Waals surface area contributed by atoms with Crippen LogP contribution in [0.15, 0.2) is 36.7 Å². The first kappa shape index (κ1) is 11.0. The third kappa shape index (κ3) is 2.36. The SMILES string of the molecule is COc1cc(-c2cccc([N+](=O)[O-])c2)ncn1. The normalized spacial score (nSPS) is 9.94. The second-order valence-electron chi connectivity index (χ2n) is 3.25. The number of methoxy groups -OCH3 is 1. The Kier molecular flexibility index (Phi) is 2.95. The lowest BCUT2D eigenvalue weighted by molar-refractivity contribution is -0.384. The van der Waals surface area contributed by atoms with Crippen molar-refractivity contribution in [2.45, 2.75) is 0 Å². The van der Waals surface area contributed by atoms with Gasteiger partial charge in [0, 0.05) is 23.8 Å². The van der Waals surface area contributed by atoms with Crippen LogP contribution in [-0.4, -0.2) is 22.0 Å². The van der Waals surface area contributed by atoms with Crippen LogP contribution in [0.4, 0.5) is 5.69 Å². The Hall–Kier alpha value is -2.50. The molecule has 0 radical (unpaired) electrons. The van der Waals surface area contributed by atoms with Crippen LogP contribution in [0.1, 0.15) is 0 Å². The first-order chi connectivity index (χ1) is 8.20. The Bertz CT molecular complexity index is 557. The zero-order valence-electron chi connectivity index (χ0n) is 9.03. The number of hydrogen-bond donors (Lipinski definition) is 0. The molecule has 0 unspecified atom stereocenters. The first-order valence-electron chi connectivity index (χ1n) is 4.81. The first-order valence-corrected chi connectivity index (χ1v) is 4.81. The summed E-state index contributed by atoms with van der Waals surface area (Å²) in [5, 5.41) is 10.7. The minimum Gasteiger partial charge on any atom is -0.481 e. The summed E-state index contributed by atoms with van der Waals surface area (Å²) < 4.78 is 4.97. The molecule has 0 saturated heterocycles. The predicted molar refractivity (Wildman–Crippen MR) is 60.7 cm³/mol. The maximum Gasteiger partial charge on any atom is 0.270 e. The van der Waals surface area contributed by atoms with Crippen molar-refractivity contribution in [3.63, 3.8) is 0 Å². The lowest BCUT2D eigenvalue weighted by Crippen LogP contribution is -1.92. The molecule has 0 N–H and O–H groups in total. The average Bonchev–Trinajstić information content (AvgIpc) is 2.39. The summed E-state index contributed by atoms with van der Waals surface area (Å²) in [7, 11) is 1.50. The molecule has 86 valence electrons. The summed E-state index contributed by atoms with van der Waals surface area (Å²) in [4.78, 5) is 18.1. The molecule has 0 bridgehead atoms. The van der Waals surface area contributed by atoms with Crippen LogP contribution in [0.2, 0.25) is 0 Å². The minimum atomic E-state index is -0.443. The Morgan fingerprint density at radius 1 is 1.29 bits per heavy atom. The van der Waals surface area contributed by atoms with E-state index < -0.39 is 4.92 Å². The van der Waals surface area contributed by atoms with Gasteiger partial charge in [-0.3, -0.25) is 10.1 Å². The second-order valence-corrected chi connectivity index (χ2v) is 3.25. The molecule has 6 heteroatoms. The number of non-ortho nitro benzene ring substituents is 1. The molecule has 0 aliphatic rings. The van der Waals surface area contributed by atoms with Gasteiger partial charge in [0.15, 0.2) is 0 Å². The number of nitro benzene ring substituents is 1. The Balaban J connectivity index is 2.45. The van der Waals surface area contributed by atoms with E-state index in [9.17, 15) is 10.1 Å². The monoisotopic (exact) mass is 231 g/mol. The predicted octanol–water partition coefficient (Wildman–Crippen LogP) is 2.06. The molecule has 0 amide bonds. The largest absolute Gasteiger partial charge is 0.481 e. The lowest BCUT2D eigenvalue weighted by Gasteiger charge is -2.02. The van der Waals surface area contributed by atoms with E-state index in [4.69, 9.17) is 4.74 Å². The van der Waals surface area contributed by atoms with Gasteiger partial charge >= 0.3 is 0 Å². The van der Waals surface area contributed by atoms with Gasteiger partial charge in [0.25, 0.3) is 5.69 Å². The van der Waals surface area contributed by atoms with Crippen molar-refractivity contribution in [3.8, 4) is 17.1 Å². The molecule has 6 nitrogen and oxygen atoms in total. The fourth-order valence-electron chi connectivity index (χ4n) is 1.39. The van der Waals surface area contributed by atoms with Crippen LogP contribution >= 0.6 is 0 Å². The summed E-state index contributed by atoms with van der Waals surface area (Å²) in [5.74, 6) is 0.418. The Labute approximate surface area is 97.1 Å². The van der Waals surface area contributed by atoms with E-state index in [0.717, 1.165) is 0 Å². The fourth-order valence-corrected chi connectivity index (χ4v) is 1.39. The van der Waals surface area contributed by atoms with Gasteiger partial charge in [-0.15, -0.1) is 0 Å². The van der Waals surface area contributed by atoms with Crippen LogP contribution in [0.3, 0.4) is 0 Å². The van der Waals surface area contributed by atoms with Crippen LogP contribution in [0, 0.1) is 10.1 Å². The summed E-state index contributed by atoms with van der Waals surface area (Å²) in [6.45, 7) is 0. The number of nitro groups is 1. The maximum atomic E-state index is 10.7. The molecule has 0 saturated carbocycles. The number of rotatable bonds is 3. The quantitative estimate of drug-likeness (QED) is 0.596. The van der Waals surface area contributed by atoms with Crippen molar-refractivity contribution in [1.29, 1.82) is 0 Å². The van der Waals surface area contributed by atoms with Gasteiger partial charge in [-0.1, -0.05) is 12.1 Å². The lowest BCUT2D eigenvalue weighted by atomic mass is 10.1. The molecule has 1 heterocycles. The van der Waals surface area contributed by atoms with E-state index in [1.54, 1.807) is 18.2 Å². The molecule has 1 aromatic heterocycles. The maximum absolute atomic E-state index is 10.7. The van der Waals surface area contributed by atoms with Crippen molar-refractivity contribution in [1.82, 2.24) is 9.97 Å². The Morgan fingerprint density at radius 2 is 2.12 bits per heavy atom. The van der Waals surface area contributed by atoms with Crippen molar-refractivity contribution in [2.75, 3.05) is 7.11 Å². The molecule has 1 aromatic carbocycles. The van der Waals surface area contributed by atoms with E-state index in [-0.39, 0.29) is 5.69 Å². The van der Waals surface area contributed by atoms with Crippen molar-refractivity contribution < 1.29 is 9.66 Å². The van der Waals surface area contributed by atoms with Crippen LogP contribution in [-0.2, 0) is 0 Å². The molecule has 2 aromatic rings. The summed E-state index contributed by atoms with van der Waals surface area (Å²) in [5.41, 5.74) is 1.26. The van der Waals surface area contributed by atoms with Crippen molar-refractivity contribution in [2.24, 2.45) is 0 Å². The van der Waals surface area contributed by atoms with Crippen molar-refractivity contribution >= 4 is 5.69 Å². The second kappa shape index (κ2) is 4.56. The highest BCUT2D eigenvalue weighted by Crippen LogP contribution is 2.23. The highest BCUT2D eigenvalue weighted by Gasteiger charge is 2.08. The molecule has 0 fully saturated rings. The average molecular weight is 231 g/mol. The van der Waals surface area contributed by atoms with Crippen LogP contribution in [0.25, 0.3) is 11.3 Å². The molecular formula is C11H9N3O3. The zero-order chi connectivity index (χ0) is 12.3. The molecular weight excluding hydrogens is 222 g/mol. The zero-order valence-corrected chi connectivity index (χ0v) is 9.03. The highest BCUT2D eigenvalue weighted by atomic mass is 16.6. The minimum absolute atomic E-state index is 0.0279. The molecule has 0 atom stereocenters. The van der Waals surface area contributed by atoms with E-state index in [1.165, 1.54) is 25.6 Å². The Morgan fingerprint density at radius 3 is 2.82 bits per heavy atom. The standard InChI is InChI=1S/C11H9N3O3/c1-17-11-6-10(12-7-13-11)8-3-2-4-9(5-8)14(15)16/h2-7H,1H3. The number of aromatic nitrogens is 2. The van der Waals surface area contributed by atoms with E-state index in [2.05, 4.69) is 9.97 Å². The number of ether oxygens (including phenoxy) is 1. The summed E-state index contributed by atoms with van der Waals surface area (Å²) >= 11 is 0. The molecule has 0 aliphatic carbocycles. The van der Waals surface area contributed by atoms with E-state index >= 15 is 0 Å². The van der Waals surface area contributed by atoms with Gasteiger partial charge in [0.05, 0.1) is 17.7 Å². The highest BCUT2D eigenvalue weighted by molar-refractivity contribution is 5.62. The topological polar surface area (TPSA) is 78.2 Å². The van der Waals surface area contributed by atoms with Gasteiger partial charge < -0.3 is 4.74 Å². The molecule has 0 aliphatic heterocycles. The molecule has 2 rings (SSSR count). The number of nitrogens with zero attached hydrogens (tertiary/aromatic N) is 3. The molecule has 17 heavy (non-hydrogen) atoms. The third-order valence-electron chi connectivity index (χ3n) is 2.20. The van der Waals surface area contributed by atoms with Gasteiger partial charge in [0.2, 0.25) is 5.88 Å². The van der Waals surface area contributed by atoms with Crippen molar-refractivity contribution in [3.05, 3.63) is 46.8 Å². The number of benzene rings is 1. The summed E-state index contributed by atoms with van der Waals surface area (Å²) in [6, 6.07) is 7.87. The van der Waals surface area contributed by atoms with Gasteiger partial charge in [-0.25, -0.2) is 9.97 Å². The van der Waals surface area contributed by atoms with E-state index in [1.807, 2.05) is 0 Å². The smallest absolute Gasteiger partial charge is 0.270 e. The van der Waals surface area contributed by atoms with Crippen LogP contribution in [0.5, 0.6) is 5.88 Å². The van der Waals surface area contributed by atoms with Gasteiger partial charge in [0.1, 0.15) is 6.33 Å². The van der Waals surface area contributed by atoms with Crippen LogP contribution < -0.4 is 4.74 Å². The van der Waals surface area contributed by atoms with Gasteiger partial charge in [-0.2, -0.15) is 0 Å². The molecule has 0 spiro atoms. The van der Waals surface area contributed by atoms with Gasteiger partial charge in [-0.05, 0) is 0 Å².